The van der Waals surface area contributed by atoms with Gasteiger partial charge < -0.3 is 50.5 Å². The fraction of sp³-hybridized carbons (Fsp3) is 0.969. The van der Waals surface area contributed by atoms with Crippen LogP contribution in [0.25, 0.3) is 0 Å². The Morgan fingerprint density at radius 3 is 1.72 bits per heavy atom. The van der Waals surface area contributed by atoms with Crippen molar-refractivity contribution in [2.45, 2.75) is 184 Å². The molecule has 0 aromatic heterocycles. The number of ether oxygens (including phenoxy) is 2. The van der Waals surface area contributed by atoms with Crippen LogP contribution in [0.15, 0.2) is 0 Å². The minimum Gasteiger partial charge on any atom is -0.394 e. The van der Waals surface area contributed by atoms with E-state index in [0.717, 1.165) is 51.4 Å². The third-order valence-electron chi connectivity index (χ3n) is 8.41. The fourth-order valence-electron chi connectivity index (χ4n) is 5.44. The molecule has 0 saturated carbocycles. The molecule has 1 rings (SSSR count). The zero-order valence-electron chi connectivity index (χ0n) is 26.7. The van der Waals surface area contributed by atoms with Crippen molar-refractivity contribution in [3.63, 3.8) is 0 Å². The highest BCUT2D eigenvalue weighted by Crippen LogP contribution is 2.23. The molecular weight excluding hydrogens is 558 g/mol. The Labute approximate surface area is 259 Å². The number of hydrogen-bond acceptors (Lipinski definition) is 10. The van der Waals surface area contributed by atoms with Crippen LogP contribution >= 0.6 is 0 Å². The summed E-state index contributed by atoms with van der Waals surface area (Å²) in [5.74, 6) is -0.704. The van der Waals surface area contributed by atoms with Crippen LogP contribution in [-0.4, -0.2) is 110 Å². The average molecular weight is 622 g/mol. The first-order valence-electron chi connectivity index (χ1n) is 16.9. The molecule has 0 spiro atoms. The number of aliphatic hydroxyl groups excluding tert-OH is 7. The van der Waals surface area contributed by atoms with Crippen molar-refractivity contribution in [2.24, 2.45) is 0 Å². The van der Waals surface area contributed by atoms with Gasteiger partial charge in [-0.05, 0) is 12.8 Å². The van der Waals surface area contributed by atoms with Gasteiger partial charge in [-0.1, -0.05) is 117 Å². The van der Waals surface area contributed by atoms with Gasteiger partial charge in [0.1, 0.15) is 36.6 Å². The van der Waals surface area contributed by atoms with Gasteiger partial charge >= 0.3 is 0 Å². The predicted octanol–water partition coefficient (Wildman–Crippen LogP) is 2.43. The number of amides is 1. The Balaban J connectivity index is 2.63. The maximum atomic E-state index is 12.8. The van der Waals surface area contributed by atoms with Gasteiger partial charge in [0.25, 0.3) is 0 Å². The van der Waals surface area contributed by atoms with Crippen LogP contribution in [0.5, 0.6) is 0 Å². The fourth-order valence-corrected chi connectivity index (χ4v) is 5.44. The summed E-state index contributed by atoms with van der Waals surface area (Å²) in [6, 6.07) is -1.16. The lowest BCUT2D eigenvalue weighted by molar-refractivity contribution is -0.303. The average Bonchev–Trinajstić information content (AvgIpc) is 3.00. The molecular formula is C32H63NO10. The van der Waals surface area contributed by atoms with Crippen LogP contribution in [0.2, 0.25) is 0 Å². The Kier molecular flexibility index (Phi) is 22.7. The predicted molar refractivity (Wildman–Crippen MR) is 164 cm³/mol. The van der Waals surface area contributed by atoms with E-state index in [1.54, 1.807) is 0 Å². The molecule has 1 aliphatic rings. The standard InChI is InChI=1S/C32H63NO10/c1-3-5-7-9-11-12-13-14-16-18-20-25(36)31(41)33-23(27(37)24(35)19-17-15-10-8-6-4-2)22-42-32-30(40)29(39)28(38)26(21-34)43-32/h23-30,32,34-40H,3-22H2,1-2H3,(H,33,41). The molecule has 9 atom stereocenters. The van der Waals surface area contributed by atoms with Crippen molar-refractivity contribution in [3.05, 3.63) is 0 Å². The van der Waals surface area contributed by atoms with Gasteiger partial charge in [-0.3, -0.25) is 4.79 Å². The van der Waals surface area contributed by atoms with Crippen LogP contribution in [-0.2, 0) is 14.3 Å². The first-order valence-corrected chi connectivity index (χ1v) is 16.9. The van der Waals surface area contributed by atoms with Crippen LogP contribution in [0.1, 0.15) is 129 Å². The quantitative estimate of drug-likeness (QED) is 0.0666. The number of aliphatic hydroxyl groups is 7. The van der Waals surface area contributed by atoms with E-state index in [9.17, 15) is 40.5 Å². The number of carbonyl (C=O) groups excluding carboxylic acids is 1. The molecule has 11 nitrogen and oxygen atoms in total. The minimum absolute atomic E-state index is 0.263. The highest BCUT2D eigenvalue weighted by Gasteiger charge is 2.44. The van der Waals surface area contributed by atoms with Gasteiger partial charge in [-0.2, -0.15) is 0 Å². The molecule has 9 unspecified atom stereocenters. The monoisotopic (exact) mass is 621 g/mol. The number of hydrogen-bond donors (Lipinski definition) is 8. The zero-order chi connectivity index (χ0) is 32.0. The van der Waals surface area contributed by atoms with Gasteiger partial charge in [-0.25, -0.2) is 0 Å². The smallest absolute Gasteiger partial charge is 0.249 e. The largest absolute Gasteiger partial charge is 0.394 e. The molecule has 1 saturated heterocycles. The summed E-state index contributed by atoms with van der Waals surface area (Å²) in [6.45, 7) is 3.29. The highest BCUT2D eigenvalue weighted by molar-refractivity contribution is 5.80. The van der Waals surface area contributed by atoms with E-state index in [0.29, 0.717) is 19.3 Å². The molecule has 0 aromatic rings. The lowest BCUT2D eigenvalue weighted by Crippen LogP contribution is -2.60. The van der Waals surface area contributed by atoms with Crippen molar-refractivity contribution < 1.29 is 50.0 Å². The topological polar surface area (TPSA) is 189 Å². The van der Waals surface area contributed by atoms with Gasteiger partial charge in [0, 0.05) is 0 Å². The van der Waals surface area contributed by atoms with E-state index in [1.165, 1.54) is 38.5 Å². The Morgan fingerprint density at radius 1 is 0.721 bits per heavy atom. The van der Waals surface area contributed by atoms with Gasteiger partial charge in [-0.15, -0.1) is 0 Å². The summed E-state index contributed by atoms with van der Waals surface area (Å²) in [5.41, 5.74) is 0. The molecule has 8 N–H and O–H groups in total. The second-order valence-electron chi connectivity index (χ2n) is 12.2. The van der Waals surface area contributed by atoms with E-state index >= 15 is 0 Å². The SMILES string of the molecule is CCCCCCCCCCCCC(O)C(=O)NC(COC1OC(CO)C(O)C(O)C1O)C(O)C(O)CCCCCCCC. The van der Waals surface area contributed by atoms with Crippen molar-refractivity contribution in [1.82, 2.24) is 5.32 Å². The van der Waals surface area contributed by atoms with Crippen molar-refractivity contribution in [1.29, 1.82) is 0 Å². The summed E-state index contributed by atoms with van der Waals surface area (Å²) in [6.07, 6.45) is 6.46. The Bertz CT molecular complexity index is 685. The lowest BCUT2D eigenvalue weighted by atomic mass is 9.98. The third-order valence-corrected chi connectivity index (χ3v) is 8.41. The van der Waals surface area contributed by atoms with Gasteiger partial charge in [0.2, 0.25) is 5.91 Å². The molecule has 0 radical (unpaired) electrons. The first-order chi connectivity index (χ1) is 20.7. The Hall–Kier alpha value is -0.890. The van der Waals surface area contributed by atoms with Crippen LogP contribution < -0.4 is 5.32 Å². The molecule has 0 bridgehead atoms. The number of nitrogens with one attached hydrogen (secondary N) is 1. The van der Waals surface area contributed by atoms with E-state index in [1.807, 2.05) is 0 Å². The normalized spacial score (nSPS) is 25.3. The molecule has 11 heteroatoms. The number of unbranched alkanes of at least 4 members (excludes halogenated alkanes) is 14. The molecule has 1 heterocycles. The van der Waals surface area contributed by atoms with Crippen LogP contribution in [0.4, 0.5) is 0 Å². The summed E-state index contributed by atoms with van der Waals surface area (Å²) in [4.78, 5) is 12.8. The van der Waals surface area contributed by atoms with Gasteiger partial charge in [0.05, 0.1) is 25.4 Å². The molecule has 1 amide bonds. The van der Waals surface area contributed by atoms with Crippen molar-refractivity contribution in [3.8, 4) is 0 Å². The second-order valence-corrected chi connectivity index (χ2v) is 12.2. The van der Waals surface area contributed by atoms with E-state index in [-0.39, 0.29) is 6.42 Å². The van der Waals surface area contributed by atoms with Gasteiger partial charge in [0.15, 0.2) is 6.29 Å². The maximum Gasteiger partial charge on any atom is 0.249 e. The van der Waals surface area contributed by atoms with E-state index < -0.39 is 74.2 Å². The highest BCUT2D eigenvalue weighted by atomic mass is 16.7. The van der Waals surface area contributed by atoms with E-state index in [4.69, 9.17) is 9.47 Å². The zero-order valence-corrected chi connectivity index (χ0v) is 26.7. The number of carbonyl (C=O) groups is 1. The summed E-state index contributed by atoms with van der Waals surface area (Å²) >= 11 is 0. The molecule has 1 fully saturated rings. The minimum atomic E-state index is -1.65. The van der Waals surface area contributed by atoms with Crippen LogP contribution in [0.3, 0.4) is 0 Å². The van der Waals surface area contributed by atoms with Crippen LogP contribution in [0, 0.1) is 0 Å². The summed E-state index contributed by atoms with van der Waals surface area (Å²) in [7, 11) is 0. The van der Waals surface area contributed by atoms with Crippen molar-refractivity contribution >= 4 is 5.91 Å². The molecule has 256 valence electrons. The maximum absolute atomic E-state index is 12.8. The first kappa shape index (κ1) is 40.1. The third kappa shape index (κ3) is 16.3. The lowest BCUT2D eigenvalue weighted by Gasteiger charge is -2.40. The molecule has 1 aliphatic heterocycles. The molecule has 43 heavy (non-hydrogen) atoms. The Morgan fingerprint density at radius 2 is 1.21 bits per heavy atom. The summed E-state index contributed by atoms with van der Waals surface area (Å²) < 4.78 is 10.9. The number of rotatable bonds is 26. The van der Waals surface area contributed by atoms with Crippen molar-refractivity contribution in [2.75, 3.05) is 13.2 Å². The van der Waals surface area contributed by atoms with E-state index in [2.05, 4.69) is 19.2 Å². The molecule has 0 aliphatic carbocycles. The summed E-state index contributed by atoms with van der Waals surface area (Å²) in [5, 5.41) is 74.5. The molecule has 0 aromatic carbocycles. The second kappa shape index (κ2) is 24.4.